The number of carbonyl (C=O) groups excluding carboxylic acids is 1. The van der Waals surface area contributed by atoms with E-state index in [4.69, 9.17) is 9.72 Å². The first kappa shape index (κ1) is 26.1. The van der Waals surface area contributed by atoms with E-state index in [1.54, 1.807) is 0 Å². The van der Waals surface area contributed by atoms with Crippen molar-refractivity contribution in [1.29, 1.82) is 5.26 Å². The quantitative estimate of drug-likeness (QED) is 0.443. The molecule has 5 heterocycles. The minimum Gasteiger partial charge on any atom is -0.475 e. The minimum absolute atomic E-state index is 0.0430. The van der Waals surface area contributed by atoms with Gasteiger partial charge in [0.1, 0.15) is 24.1 Å². The molecule has 0 unspecified atom stereocenters. The molecule has 2 aromatic heterocycles. The van der Waals surface area contributed by atoms with E-state index in [1.165, 1.54) is 6.08 Å². The van der Waals surface area contributed by atoms with E-state index in [-0.39, 0.29) is 5.91 Å². The smallest absolute Gasteiger partial charge is 0.246 e. The molecule has 2 saturated heterocycles. The Hall–Kier alpha value is -4.16. The molecule has 0 saturated carbocycles. The molecule has 0 bridgehead atoms. The number of nitriles is 1. The number of piperazine rings is 1. The molecular formula is C31H35N7O2. The molecule has 3 aromatic rings. The van der Waals surface area contributed by atoms with Crippen molar-refractivity contribution in [3.8, 4) is 11.9 Å². The summed E-state index contributed by atoms with van der Waals surface area (Å²) in [5, 5.41) is 11.5. The molecule has 0 radical (unpaired) electrons. The largest absolute Gasteiger partial charge is 0.475 e. The molecule has 9 heteroatoms. The van der Waals surface area contributed by atoms with Crippen LogP contribution in [0.25, 0.3) is 10.9 Å². The van der Waals surface area contributed by atoms with Gasteiger partial charge in [-0.3, -0.25) is 9.78 Å². The van der Waals surface area contributed by atoms with Crippen LogP contribution in [-0.2, 0) is 17.8 Å². The summed E-state index contributed by atoms with van der Waals surface area (Å²) in [6.45, 7) is 9.14. The molecule has 0 spiro atoms. The number of hydrogen-bond acceptors (Lipinski definition) is 8. The predicted octanol–water partition coefficient (Wildman–Crippen LogP) is 3.37. The number of rotatable bonds is 6. The number of carbonyl (C=O) groups is 1. The first-order valence-electron chi connectivity index (χ1n) is 14.1. The lowest BCUT2D eigenvalue weighted by atomic mass is 9.95. The fourth-order valence-electron chi connectivity index (χ4n) is 6.25. The molecule has 9 nitrogen and oxygen atoms in total. The highest BCUT2D eigenvalue weighted by atomic mass is 16.5. The summed E-state index contributed by atoms with van der Waals surface area (Å²) in [4.78, 5) is 30.6. The van der Waals surface area contributed by atoms with Gasteiger partial charge in [0.2, 0.25) is 11.8 Å². The third-order valence-electron chi connectivity index (χ3n) is 8.55. The van der Waals surface area contributed by atoms with Crippen LogP contribution < -0.4 is 14.5 Å². The molecule has 2 fully saturated rings. The van der Waals surface area contributed by atoms with Gasteiger partial charge in [-0.15, -0.1) is 0 Å². The Morgan fingerprint density at radius 3 is 2.70 bits per heavy atom. The summed E-state index contributed by atoms with van der Waals surface area (Å²) in [7, 11) is 2.12. The molecular weight excluding hydrogens is 502 g/mol. The molecule has 0 aliphatic carbocycles. The van der Waals surface area contributed by atoms with Crippen molar-refractivity contribution < 1.29 is 9.53 Å². The second-order valence-corrected chi connectivity index (χ2v) is 10.8. The molecule has 0 N–H and O–H groups in total. The maximum Gasteiger partial charge on any atom is 0.246 e. The van der Waals surface area contributed by atoms with Crippen LogP contribution in [0.2, 0.25) is 0 Å². The van der Waals surface area contributed by atoms with Gasteiger partial charge >= 0.3 is 0 Å². The molecule has 1 atom stereocenters. The highest BCUT2D eigenvalue weighted by Gasteiger charge is 2.32. The number of fused-ring (bicyclic) bond motifs is 2. The Bertz CT molecular complexity index is 1470. The number of hydrogen-bond donors (Lipinski definition) is 0. The van der Waals surface area contributed by atoms with E-state index >= 15 is 0 Å². The Balaban J connectivity index is 1.37. The van der Waals surface area contributed by atoms with E-state index in [0.717, 1.165) is 65.9 Å². The van der Waals surface area contributed by atoms with Crippen molar-refractivity contribution in [3.63, 3.8) is 0 Å². The third kappa shape index (κ3) is 4.84. The van der Waals surface area contributed by atoms with Gasteiger partial charge < -0.3 is 24.3 Å². The maximum atomic E-state index is 12.2. The van der Waals surface area contributed by atoms with Crippen LogP contribution in [-0.4, -0.2) is 84.6 Å². The second-order valence-electron chi connectivity index (χ2n) is 10.8. The maximum absolute atomic E-state index is 12.2. The fraction of sp³-hybridized carbons (Fsp3) is 0.419. The van der Waals surface area contributed by atoms with Gasteiger partial charge in [-0.1, -0.05) is 24.8 Å². The van der Waals surface area contributed by atoms with Gasteiger partial charge in [-0.05, 0) is 51.1 Å². The lowest BCUT2D eigenvalue weighted by Crippen LogP contribution is -2.49. The lowest BCUT2D eigenvalue weighted by Gasteiger charge is -2.38. The standard InChI is InChI=1S/C31H35N7O2/c1-3-28(39)36-15-17-37(18-16-36)30-24-11-14-38(27-10-4-7-22-8-5-12-33-29(22)27)20-26(24)25(19-32)31(34-30)40-21-23-9-6-13-35(23)2/h3-5,7-8,10,12,23H,1,6,9,11,13-18,20-21H2,2H3/t23-/m0/s1. The van der Waals surface area contributed by atoms with Crippen LogP contribution >= 0.6 is 0 Å². The van der Waals surface area contributed by atoms with Gasteiger partial charge in [-0.2, -0.15) is 10.2 Å². The van der Waals surface area contributed by atoms with Gasteiger partial charge in [0.05, 0.1) is 11.2 Å². The number of anilines is 2. The molecule has 3 aliphatic heterocycles. The van der Waals surface area contributed by atoms with Crippen LogP contribution in [0.5, 0.6) is 5.88 Å². The van der Waals surface area contributed by atoms with Crippen molar-refractivity contribution in [2.24, 2.45) is 0 Å². The molecule has 6 rings (SSSR count). The number of para-hydroxylation sites is 1. The second kappa shape index (κ2) is 11.1. The van der Waals surface area contributed by atoms with E-state index in [9.17, 15) is 10.1 Å². The van der Waals surface area contributed by atoms with E-state index in [2.05, 4.69) is 63.6 Å². The predicted molar refractivity (Wildman–Crippen MR) is 156 cm³/mol. The highest BCUT2D eigenvalue weighted by Crippen LogP contribution is 2.38. The zero-order valence-corrected chi connectivity index (χ0v) is 23.1. The first-order chi connectivity index (χ1) is 19.6. The average molecular weight is 538 g/mol. The van der Waals surface area contributed by atoms with Gasteiger partial charge in [0.15, 0.2) is 0 Å². The van der Waals surface area contributed by atoms with Crippen molar-refractivity contribution in [2.45, 2.75) is 31.8 Å². The Morgan fingerprint density at radius 1 is 1.12 bits per heavy atom. The topological polar surface area (TPSA) is 88.8 Å². The number of nitrogens with zero attached hydrogens (tertiary/aromatic N) is 7. The number of benzene rings is 1. The minimum atomic E-state index is -0.0430. The average Bonchev–Trinajstić information content (AvgIpc) is 3.42. The highest BCUT2D eigenvalue weighted by molar-refractivity contribution is 5.91. The summed E-state index contributed by atoms with van der Waals surface area (Å²) in [5.74, 6) is 1.25. The van der Waals surface area contributed by atoms with Crippen LogP contribution in [0.15, 0.2) is 49.2 Å². The fourth-order valence-corrected chi connectivity index (χ4v) is 6.25. The summed E-state index contributed by atoms with van der Waals surface area (Å²) < 4.78 is 6.36. The number of aromatic nitrogens is 2. The van der Waals surface area contributed by atoms with Crippen molar-refractivity contribution in [3.05, 3.63) is 65.9 Å². The SMILES string of the molecule is C=CC(=O)N1CCN(c2nc(OC[C@@H]3CCCN3C)c(C#N)c3c2CCN(c2cccc4cccnc24)C3)CC1. The number of ether oxygens (including phenoxy) is 1. The lowest BCUT2D eigenvalue weighted by molar-refractivity contribution is -0.126. The molecule has 1 aromatic carbocycles. The monoisotopic (exact) mass is 537 g/mol. The molecule has 206 valence electrons. The summed E-state index contributed by atoms with van der Waals surface area (Å²) in [6.07, 6.45) is 6.19. The van der Waals surface area contributed by atoms with Crippen LogP contribution in [0.4, 0.5) is 11.5 Å². The van der Waals surface area contributed by atoms with Gasteiger partial charge in [0, 0.05) is 68.0 Å². The summed E-state index contributed by atoms with van der Waals surface area (Å²) >= 11 is 0. The number of likely N-dealkylation sites (tertiary alicyclic amines) is 1. The van der Waals surface area contributed by atoms with Crippen LogP contribution in [0.3, 0.4) is 0 Å². The van der Waals surface area contributed by atoms with E-state index in [1.807, 2.05) is 17.2 Å². The zero-order chi connectivity index (χ0) is 27.6. The molecule has 1 amide bonds. The molecule has 40 heavy (non-hydrogen) atoms. The summed E-state index contributed by atoms with van der Waals surface area (Å²) in [6, 6.07) is 13.1. The third-order valence-corrected chi connectivity index (χ3v) is 8.55. The van der Waals surface area contributed by atoms with E-state index in [0.29, 0.717) is 56.8 Å². The van der Waals surface area contributed by atoms with Crippen molar-refractivity contribution >= 4 is 28.3 Å². The van der Waals surface area contributed by atoms with E-state index < -0.39 is 0 Å². The first-order valence-corrected chi connectivity index (χ1v) is 14.1. The summed E-state index contributed by atoms with van der Waals surface area (Å²) in [5.41, 5.74) is 4.64. The van der Waals surface area contributed by atoms with Gasteiger partial charge in [-0.25, -0.2) is 0 Å². The molecule has 3 aliphatic rings. The zero-order valence-electron chi connectivity index (χ0n) is 23.1. The number of likely N-dealkylation sites (N-methyl/N-ethyl adjacent to an activating group) is 1. The van der Waals surface area contributed by atoms with Crippen LogP contribution in [0.1, 0.15) is 29.5 Å². The van der Waals surface area contributed by atoms with Gasteiger partial charge in [0.25, 0.3) is 0 Å². The van der Waals surface area contributed by atoms with Crippen molar-refractivity contribution in [1.82, 2.24) is 19.8 Å². The Kier molecular flexibility index (Phi) is 7.27. The Morgan fingerprint density at radius 2 is 1.95 bits per heavy atom. The number of amides is 1. The van der Waals surface area contributed by atoms with Crippen LogP contribution in [0, 0.1) is 11.3 Å². The number of pyridine rings is 2. The Labute approximate surface area is 235 Å². The normalized spacial score (nSPS) is 19.4. The van der Waals surface area contributed by atoms with Crippen molar-refractivity contribution in [2.75, 3.05) is 62.7 Å².